The molecule has 0 unspecified atom stereocenters. The number of rotatable bonds is 6. The van der Waals surface area contributed by atoms with E-state index in [4.69, 9.17) is 18.0 Å². The Balaban J connectivity index is 2.77. The van der Waals surface area contributed by atoms with Gasteiger partial charge >= 0.3 is 0 Å². The number of hydrogen-bond donors (Lipinski definition) is 2. The molecule has 0 atom stereocenters. The van der Waals surface area contributed by atoms with Crippen LogP contribution in [0.5, 0.6) is 0 Å². The summed E-state index contributed by atoms with van der Waals surface area (Å²) in [5, 5.41) is 2.90. The van der Waals surface area contributed by atoms with E-state index in [9.17, 15) is 12.8 Å². The first-order chi connectivity index (χ1) is 8.35. The molecule has 0 spiro atoms. The highest BCUT2D eigenvalue weighted by Gasteiger charge is 2.09. The number of anilines is 1. The first-order valence-electron chi connectivity index (χ1n) is 5.39. The summed E-state index contributed by atoms with van der Waals surface area (Å²) in [6, 6.07) is 3.97. The second-order valence-corrected chi connectivity index (χ2v) is 6.63. The predicted octanol–water partition coefficient (Wildman–Crippen LogP) is 1.31. The van der Waals surface area contributed by atoms with Crippen molar-refractivity contribution in [3.8, 4) is 0 Å². The van der Waals surface area contributed by atoms with Gasteiger partial charge in [-0.1, -0.05) is 19.1 Å². The summed E-state index contributed by atoms with van der Waals surface area (Å²) in [7, 11) is -3.03. The molecule has 3 N–H and O–H groups in total. The summed E-state index contributed by atoms with van der Waals surface area (Å²) in [5.74, 6) is -0.331. The molecule has 0 fully saturated rings. The fourth-order valence-electron chi connectivity index (χ4n) is 1.36. The molecule has 0 amide bonds. The van der Waals surface area contributed by atoms with E-state index < -0.39 is 15.7 Å². The molecule has 100 valence electrons. The number of hydrogen-bond acceptors (Lipinski definition) is 4. The minimum atomic E-state index is -3.03. The van der Waals surface area contributed by atoms with Crippen LogP contribution in [0.1, 0.15) is 12.5 Å². The first-order valence-corrected chi connectivity index (χ1v) is 7.62. The lowest BCUT2D eigenvalue weighted by molar-refractivity contribution is 0.597. The Morgan fingerprint density at radius 1 is 1.50 bits per heavy atom. The van der Waals surface area contributed by atoms with E-state index >= 15 is 0 Å². The molecule has 18 heavy (non-hydrogen) atoms. The van der Waals surface area contributed by atoms with Crippen LogP contribution in [0.2, 0.25) is 0 Å². The van der Waals surface area contributed by atoms with Crippen molar-refractivity contribution in [2.24, 2.45) is 5.73 Å². The Labute approximate surface area is 111 Å². The SMILES string of the molecule is CCS(=O)(=O)CCNc1ccc(F)cc1C(N)=S. The third-order valence-corrected chi connectivity index (χ3v) is 4.34. The van der Waals surface area contributed by atoms with Crippen molar-refractivity contribution in [2.45, 2.75) is 6.92 Å². The van der Waals surface area contributed by atoms with Gasteiger partial charge in [0, 0.05) is 23.5 Å². The average molecular weight is 290 g/mol. The fourth-order valence-corrected chi connectivity index (χ4v) is 2.23. The summed E-state index contributed by atoms with van der Waals surface area (Å²) < 4.78 is 35.7. The third kappa shape index (κ3) is 4.23. The highest BCUT2D eigenvalue weighted by molar-refractivity contribution is 7.91. The molecule has 0 aromatic heterocycles. The molecule has 7 heteroatoms. The molecule has 0 aliphatic heterocycles. The molecule has 0 aliphatic rings. The normalized spacial score (nSPS) is 11.2. The van der Waals surface area contributed by atoms with Crippen molar-refractivity contribution in [3.05, 3.63) is 29.6 Å². The summed E-state index contributed by atoms with van der Waals surface area (Å²) in [4.78, 5) is 0.0651. The first kappa shape index (κ1) is 14.8. The molecule has 0 aliphatic carbocycles. The van der Waals surface area contributed by atoms with E-state index in [1.54, 1.807) is 6.92 Å². The molecular formula is C11H15FN2O2S2. The molecule has 0 radical (unpaired) electrons. The molecular weight excluding hydrogens is 275 g/mol. The molecule has 0 saturated carbocycles. The van der Waals surface area contributed by atoms with E-state index in [0.29, 0.717) is 11.3 Å². The number of nitrogens with two attached hydrogens (primary N) is 1. The van der Waals surface area contributed by atoms with Crippen LogP contribution in [0.4, 0.5) is 10.1 Å². The molecule has 1 aromatic carbocycles. The van der Waals surface area contributed by atoms with E-state index in [1.807, 2.05) is 0 Å². The molecule has 1 aromatic rings. The van der Waals surface area contributed by atoms with Gasteiger partial charge in [-0.15, -0.1) is 0 Å². The van der Waals surface area contributed by atoms with E-state index in [0.717, 1.165) is 0 Å². The lowest BCUT2D eigenvalue weighted by atomic mass is 10.1. The van der Waals surface area contributed by atoms with Crippen LogP contribution in [0.25, 0.3) is 0 Å². The van der Waals surface area contributed by atoms with Crippen LogP contribution >= 0.6 is 12.2 Å². The van der Waals surface area contributed by atoms with Crippen molar-refractivity contribution >= 4 is 32.7 Å². The number of nitrogens with one attached hydrogen (secondary N) is 1. The Morgan fingerprint density at radius 2 is 2.17 bits per heavy atom. The van der Waals surface area contributed by atoms with Gasteiger partial charge in [-0.3, -0.25) is 0 Å². The summed E-state index contributed by atoms with van der Waals surface area (Å²) in [5.41, 5.74) is 6.38. The molecule has 0 bridgehead atoms. The lowest BCUT2D eigenvalue weighted by Crippen LogP contribution is -2.19. The Bertz CT molecular complexity index is 544. The number of sulfone groups is 1. The van der Waals surface area contributed by atoms with Crippen molar-refractivity contribution in [3.63, 3.8) is 0 Å². The zero-order chi connectivity index (χ0) is 13.8. The van der Waals surface area contributed by atoms with E-state index in [-0.39, 0.29) is 23.0 Å². The van der Waals surface area contributed by atoms with Gasteiger partial charge in [-0.25, -0.2) is 12.8 Å². The van der Waals surface area contributed by atoms with Crippen LogP contribution in [0.3, 0.4) is 0 Å². The fraction of sp³-hybridized carbons (Fsp3) is 0.364. The molecule has 0 heterocycles. The maximum absolute atomic E-state index is 13.0. The van der Waals surface area contributed by atoms with Gasteiger partial charge in [-0.2, -0.15) is 0 Å². The molecule has 0 saturated heterocycles. The minimum absolute atomic E-state index is 0.0116. The molecule has 4 nitrogen and oxygen atoms in total. The maximum Gasteiger partial charge on any atom is 0.151 e. The summed E-state index contributed by atoms with van der Waals surface area (Å²) >= 11 is 4.81. The predicted molar refractivity (Wildman–Crippen MR) is 75.1 cm³/mol. The topological polar surface area (TPSA) is 72.2 Å². The average Bonchev–Trinajstić information content (AvgIpc) is 2.30. The Hall–Kier alpha value is -1.21. The summed E-state index contributed by atoms with van der Waals surface area (Å²) in [6.07, 6.45) is 0. The summed E-state index contributed by atoms with van der Waals surface area (Å²) in [6.45, 7) is 1.82. The van der Waals surface area contributed by atoms with Gasteiger partial charge in [0.1, 0.15) is 10.8 Å². The van der Waals surface area contributed by atoms with Crippen LogP contribution in [-0.2, 0) is 9.84 Å². The largest absolute Gasteiger partial charge is 0.389 e. The van der Waals surface area contributed by atoms with Gasteiger partial charge in [-0.05, 0) is 18.2 Å². The van der Waals surface area contributed by atoms with Gasteiger partial charge in [0.2, 0.25) is 0 Å². The third-order valence-electron chi connectivity index (χ3n) is 2.42. The second-order valence-electron chi connectivity index (χ2n) is 3.72. The van der Waals surface area contributed by atoms with Crippen molar-refractivity contribution in [1.82, 2.24) is 0 Å². The van der Waals surface area contributed by atoms with Crippen LogP contribution < -0.4 is 11.1 Å². The van der Waals surface area contributed by atoms with E-state index in [2.05, 4.69) is 5.32 Å². The van der Waals surface area contributed by atoms with Crippen LogP contribution in [0, 0.1) is 5.82 Å². The Morgan fingerprint density at radius 3 is 2.72 bits per heavy atom. The van der Waals surface area contributed by atoms with Gasteiger partial charge in [0.25, 0.3) is 0 Å². The highest BCUT2D eigenvalue weighted by atomic mass is 32.2. The Kier molecular flexibility index (Phi) is 5.03. The number of halogens is 1. The molecule has 1 rings (SSSR count). The zero-order valence-electron chi connectivity index (χ0n) is 9.94. The highest BCUT2D eigenvalue weighted by Crippen LogP contribution is 2.16. The van der Waals surface area contributed by atoms with Gasteiger partial charge < -0.3 is 11.1 Å². The van der Waals surface area contributed by atoms with Gasteiger partial charge in [0.05, 0.1) is 5.75 Å². The van der Waals surface area contributed by atoms with Crippen molar-refractivity contribution < 1.29 is 12.8 Å². The number of thiocarbonyl (C=S) groups is 1. The van der Waals surface area contributed by atoms with E-state index in [1.165, 1.54) is 18.2 Å². The monoisotopic (exact) mass is 290 g/mol. The standard InChI is InChI=1S/C11H15FN2O2S2/c1-2-18(15,16)6-5-14-10-4-3-8(12)7-9(10)11(13)17/h3-4,7,14H,2,5-6H2,1H3,(H2,13,17). The number of benzene rings is 1. The smallest absolute Gasteiger partial charge is 0.151 e. The minimum Gasteiger partial charge on any atom is -0.389 e. The lowest BCUT2D eigenvalue weighted by Gasteiger charge is -2.11. The quantitative estimate of drug-likeness (QED) is 0.773. The maximum atomic E-state index is 13.0. The van der Waals surface area contributed by atoms with Gasteiger partial charge in [0.15, 0.2) is 9.84 Å². The van der Waals surface area contributed by atoms with Crippen molar-refractivity contribution in [1.29, 1.82) is 0 Å². The second kappa shape index (κ2) is 6.10. The van der Waals surface area contributed by atoms with Crippen molar-refractivity contribution in [2.75, 3.05) is 23.4 Å². The van der Waals surface area contributed by atoms with Crippen LogP contribution in [-0.4, -0.2) is 31.5 Å². The zero-order valence-corrected chi connectivity index (χ0v) is 11.6. The van der Waals surface area contributed by atoms with Crippen LogP contribution in [0.15, 0.2) is 18.2 Å².